The van der Waals surface area contributed by atoms with Crippen molar-refractivity contribution in [2.75, 3.05) is 14.1 Å². The number of hydrogen-bond acceptors (Lipinski definition) is 4. The minimum absolute atomic E-state index is 0.0106. The summed E-state index contributed by atoms with van der Waals surface area (Å²) in [6, 6.07) is 10.0. The van der Waals surface area contributed by atoms with Crippen molar-refractivity contribution in [1.82, 2.24) is 18.6 Å². The van der Waals surface area contributed by atoms with Crippen LogP contribution in [0, 0.1) is 5.92 Å². The first-order valence-electron chi connectivity index (χ1n) is 9.42. The first-order valence-corrected chi connectivity index (χ1v) is 10.9. The molecule has 0 unspecified atom stereocenters. The van der Waals surface area contributed by atoms with Gasteiger partial charge in [0.25, 0.3) is 0 Å². The predicted octanol–water partition coefficient (Wildman–Crippen LogP) is 2.82. The van der Waals surface area contributed by atoms with E-state index in [0.29, 0.717) is 5.92 Å². The van der Waals surface area contributed by atoms with Crippen LogP contribution in [0.4, 0.5) is 0 Å². The van der Waals surface area contributed by atoms with Gasteiger partial charge in [-0.15, -0.1) is 0 Å². The molecule has 0 fully saturated rings. The van der Waals surface area contributed by atoms with Gasteiger partial charge in [0.2, 0.25) is 5.91 Å². The highest BCUT2D eigenvalue weighted by Crippen LogP contribution is 2.28. The van der Waals surface area contributed by atoms with Gasteiger partial charge in [-0.1, -0.05) is 26.0 Å². The van der Waals surface area contributed by atoms with E-state index in [2.05, 4.69) is 34.2 Å². The fourth-order valence-electron chi connectivity index (χ4n) is 3.22. The van der Waals surface area contributed by atoms with E-state index in [-0.39, 0.29) is 6.42 Å². The van der Waals surface area contributed by atoms with Gasteiger partial charge >= 0.3 is 10.2 Å². The summed E-state index contributed by atoms with van der Waals surface area (Å²) in [5.41, 5.74) is 3.95. The zero-order valence-corrected chi connectivity index (χ0v) is 17.9. The van der Waals surface area contributed by atoms with Crippen LogP contribution in [0.5, 0.6) is 0 Å². The molecule has 154 valence electrons. The maximum Gasteiger partial charge on any atom is 0.303 e. The molecule has 0 bridgehead atoms. The molecule has 7 nitrogen and oxygen atoms in total. The molecule has 0 atom stereocenters. The zero-order valence-electron chi connectivity index (χ0n) is 17.1. The average Bonchev–Trinajstić information content (AvgIpc) is 2.97. The van der Waals surface area contributed by atoms with Gasteiger partial charge in [-0.25, -0.2) is 4.72 Å². The van der Waals surface area contributed by atoms with Crippen LogP contribution in [0.3, 0.4) is 0 Å². The van der Waals surface area contributed by atoms with Gasteiger partial charge in [-0.2, -0.15) is 12.7 Å². The van der Waals surface area contributed by atoms with Crippen molar-refractivity contribution in [1.29, 1.82) is 0 Å². The Kier molecular flexibility index (Phi) is 6.04. The van der Waals surface area contributed by atoms with Crippen LogP contribution >= 0.6 is 0 Å². The van der Waals surface area contributed by atoms with E-state index in [4.69, 9.17) is 0 Å². The average molecular weight is 415 g/mol. The van der Waals surface area contributed by atoms with Crippen molar-refractivity contribution in [2.45, 2.75) is 26.8 Å². The van der Waals surface area contributed by atoms with E-state index in [1.54, 1.807) is 12.4 Å². The Morgan fingerprint density at radius 1 is 1.14 bits per heavy atom. The minimum Gasteiger partial charge on any atom is -0.347 e. The summed E-state index contributed by atoms with van der Waals surface area (Å²) in [5.74, 6) is -0.133. The minimum atomic E-state index is -3.80. The number of hydrogen-bond donors (Lipinski definition) is 1. The van der Waals surface area contributed by atoms with Crippen molar-refractivity contribution in [3.05, 3.63) is 54.5 Å². The molecule has 2 aromatic heterocycles. The number of benzene rings is 1. The second-order valence-corrected chi connectivity index (χ2v) is 9.54. The topological polar surface area (TPSA) is 84.3 Å². The van der Waals surface area contributed by atoms with E-state index in [1.807, 2.05) is 30.5 Å². The first kappa shape index (κ1) is 21.0. The molecule has 0 aliphatic rings. The van der Waals surface area contributed by atoms with Crippen molar-refractivity contribution >= 4 is 27.0 Å². The molecule has 0 saturated heterocycles. The van der Waals surface area contributed by atoms with Crippen LogP contribution in [-0.2, 0) is 28.0 Å². The Morgan fingerprint density at radius 2 is 1.83 bits per heavy atom. The molecular weight excluding hydrogens is 388 g/mol. The zero-order chi connectivity index (χ0) is 21.2. The van der Waals surface area contributed by atoms with Crippen molar-refractivity contribution in [3.8, 4) is 11.1 Å². The third kappa shape index (κ3) is 4.83. The molecule has 0 radical (unpaired) electrons. The molecule has 0 aliphatic carbocycles. The lowest BCUT2D eigenvalue weighted by Crippen LogP contribution is -2.40. The maximum atomic E-state index is 12.4. The Labute approximate surface area is 171 Å². The smallest absolute Gasteiger partial charge is 0.303 e. The van der Waals surface area contributed by atoms with E-state index in [1.165, 1.54) is 14.1 Å². The van der Waals surface area contributed by atoms with Gasteiger partial charge in [0, 0.05) is 50.1 Å². The SMILES string of the molecule is CC(C)Cn1cc(CC(=O)NS(=O)(=O)N(C)C)c2ccc(-c3ccncc3)cc21. The number of aromatic nitrogens is 2. The van der Waals surface area contributed by atoms with Crippen LogP contribution in [0.25, 0.3) is 22.0 Å². The number of carbonyl (C=O) groups excluding carboxylic acids is 1. The largest absolute Gasteiger partial charge is 0.347 e. The highest BCUT2D eigenvalue weighted by molar-refractivity contribution is 7.87. The highest BCUT2D eigenvalue weighted by atomic mass is 32.2. The highest BCUT2D eigenvalue weighted by Gasteiger charge is 2.19. The standard InChI is InChI=1S/C21H26N4O3S/c1-15(2)13-25-14-18(12-21(26)23-29(27,28)24(3)4)19-6-5-17(11-20(19)25)16-7-9-22-10-8-16/h5-11,14-15H,12-13H2,1-4H3,(H,23,26). The van der Waals surface area contributed by atoms with Gasteiger partial charge in [0.15, 0.2) is 0 Å². The van der Waals surface area contributed by atoms with Crippen LogP contribution in [0.2, 0.25) is 0 Å². The fourth-order valence-corrected chi connectivity index (χ4v) is 3.76. The summed E-state index contributed by atoms with van der Waals surface area (Å²) in [5, 5.41) is 0.945. The molecule has 1 N–H and O–H groups in total. The second kappa shape index (κ2) is 8.34. The van der Waals surface area contributed by atoms with Gasteiger partial charge in [0.05, 0.1) is 6.42 Å². The summed E-state index contributed by atoms with van der Waals surface area (Å²) in [7, 11) is -1.05. The molecule has 2 heterocycles. The predicted molar refractivity (Wildman–Crippen MR) is 114 cm³/mol. The number of nitrogens with zero attached hydrogens (tertiary/aromatic N) is 3. The molecule has 8 heteroatoms. The van der Waals surface area contributed by atoms with Crippen molar-refractivity contribution in [2.24, 2.45) is 5.92 Å². The number of rotatable bonds is 7. The fraction of sp³-hybridized carbons (Fsp3) is 0.333. The Balaban J connectivity index is 1.99. The van der Waals surface area contributed by atoms with Crippen LogP contribution in [0.1, 0.15) is 19.4 Å². The number of fused-ring (bicyclic) bond motifs is 1. The first-order chi connectivity index (χ1) is 13.7. The molecule has 3 rings (SSSR count). The van der Waals surface area contributed by atoms with E-state index in [0.717, 1.165) is 38.4 Å². The van der Waals surface area contributed by atoms with Gasteiger partial charge in [-0.05, 0) is 40.8 Å². The lowest BCUT2D eigenvalue weighted by molar-refractivity contribution is -0.118. The lowest BCUT2D eigenvalue weighted by atomic mass is 10.0. The molecule has 0 saturated carbocycles. The second-order valence-electron chi connectivity index (χ2n) is 7.66. The molecular formula is C21H26N4O3S. The Morgan fingerprint density at radius 3 is 2.45 bits per heavy atom. The van der Waals surface area contributed by atoms with Crippen LogP contribution in [-0.4, -0.2) is 42.3 Å². The summed E-state index contributed by atoms with van der Waals surface area (Å²) >= 11 is 0. The van der Waals surface area contributed by atoms with E-state index in [9.17, 15) is 13.2 Å². The number of amides is 1. The lowest BCUT2D eigenvalue weighted by Gasteiger charge is -2.11. The summed E-state index contributed by atoms with van der Waals surface area (Å²) in [6.07, 6.45) is 5.45. The Hall–Kier alpha value is -2.71. The van der Waals surface area contributed by atoms with E-state index < -0.39 is 16.1 Å². The van der Waals surface area contributed by atoms with Gasteiger partial charge in [-0.3, -0.25) is 9.78 Å². The number of carbonyl (C=O) groups is 1. The third-order valence-corrected chi connectivity index (χ3v) is 6.06. The van der Waals surface area contributed by atoms with E-state index >= 15 is 0 Å². The van der Waals surface area contributed by atoms with Gasteiger partial charge < -0.3 is 4.57 Å². The molecule has 1 aromatic carbocycles. The maximum absolute atomic E-state index is 12.4. The number of pyridine rings is 1. The summed E-state index contributed by atoms with van der Waals surface area (Å²) in [6.45, 7) is 5.07. The normalized spacial score (nSPS) is 12.1. The summed E-state index contributed by atoms with van der Waals surface area (Å²) < 4.78 is 29.1. The van der Waals surface area contributed by atoms with Gasteiger partial charge in [0.1, 0.15) is 0 Å². The monoisotopic (exact) mass is 414 g/mol. The van der Waals surface area contributed by atoms with Crippen molar-refractivity contribution in [3.63, 3.8) is 0 Å². The van der Waals surface area contributed by atoms with Crippen molar-refractivity contribution < 1.29 is 13.2 Å². The Bertz CT molecular complexity index is 1120. The summed E-state index contributed by atoms with van der Waals surface area (Å²) in [4.78, 5) is 16.4. The quantitative estimate of drug-likeness (QED) is 0.644. The molecule has 0 spiro atoms. The molecule has 0 aliphatic heterocycles. The molecule has 1 amide bonds. The van der Waals surface area contributed by atoms with Crippen LogP contribution < -0.4 is 4.72 Å². The molecule has 3 aromatic rings. The molecule has 29 heavy (non-hydrogen) atoms. The van der Waals surface area contributed by atoms with Crippen LogP contribution in [0.15, 0.2) is 48.9 Å². The third-order valence-electron chi connectivity index (χ3n) is 4.61. The number of nitrogens with one attached hydrogen (secondary N) is 1.